The molecule has 2 fully saturated rings. The standard InChI is InChI=1S/C25H23Cl2N3OS/c26-20-11-10-16(12-21(20)27)14-29-15-17(19-8-4-5-9-23(19)29)13-22-24(31)30(25(32)28-22)18-6-2-1-3-7-18/h4-5,8-13,15,18H,1-3,6-7,14H2,(H,28,32)/b22-13-. The molecule has 2 aromatic carbocycles. The molecule has 0 spiro atoms. The number of aromatic nitrogens is 1. The number of amides is 1. The Bertz CT molecular complexity index is 1240. The number of halogens is 2. The summed E-state index contributed by atoms with van der Waals surface area (Å²) in [5.41, 5.74) is 3.66. The lowest BCUT2D eigenvalue weighted by molar-refractivity contribution is -0.124. The van der Waals surface area contributed by atoms with Gasteiger partial charge in [-0.2, -0.15) is 0 Å². The third kappa shape index (κ3) is 4.05. The van der Waals surface area contributed by atoms with Gasteiger partial charge in [-0.1, -0.05) is 66.7 Å². The van der Waals surface area contributed by atoms with Crippen LogP contribution in [0.5, 0.6) is 0 Å². The van der Waals surface area contributed by atoms with Gasteiger partial charge in [-0.15, -0.1) is 0 Å². The van der Waals surface area contributed by atoms with Crippen molar-refractivity contribution in [3.8, 4) is 0 Å². The van der Waals surface area contributed by atoms with E-state index in [1.807, 2.05) is 36.4 Å². The molecule has 1 aliphatic carbocycles. The Hall–Kier alpha value is -2.34. The fourth-order valence-electron chi connectivity index (χ4n) is 4.73. The summed E-state index contributed by atoms with van der Waals surface area (Å²) in [6, 6.07) is 14.1. The third-order valence-electron chi connectivity index (χ3n) is 6.31. The third-order valence-corrected chi connectivity index (χ3v) is 7.34. The first-order chi connectivity index (χ1) is 15.5. The highest BCUT2D eigenvalue weighted by molar-refractivity contribution is 7.80. The Morgan fingerprint density at radius 3 is 2.62 bits per heavy atom. The maximum Gasteiger partial charge on any atom is 0.276 e. The van der Waals surface area contributed by atoms with Crippen molar-refractivity contribution in [1.29, 1.82) is 0 Å². The summed E-state index contributed by atoms with van der Waals surface area (Å²) < 4.78 is 2.16. The van der Waals surface area contributed by atoms with E-state index in [0.717, 1.165) is 47.7 Å². The second-order valence-corrected chi connectivity index (χ2v) is 9.63. The Morgan fingerprint density at radius 1 is 1.06 bits per heavy atom. The van der Waals surface area contributed by atoms with Crippen LogP contribution in [-0.4, -0.2) is 26.5 Å². The number of carbonyl (C=O) groups is 1. The van der Waals surface area contributed by atoms with Crippen LogP contribution in [0.15, 0.2) is 54.4 Å². The van der Waals surface area contributed by atoms with Gasteiger partial charge in [0.1, 0.15) is 5.70 Å². The van der Waals surface area contributed by atoms with Crippen LogP contribution in [0.1, 0.15) is 43.2 Å². The van der Waals surface area contributed by atoms with Crippen molar-refractivity contribution in [2.75, 3.05) is 0 Å². The minimum atomic E-state index is -0.0248. The van der Waals surface area contributed by atoms with Crippen LogP contribution >= 0.6 is 35.4 Å². The largest absolute Gasteiger partial charge is 0.342 e. The Balaban J connectivity index is 1.48. The van der Waals surface area contributed by atoms with Crippen LogP contribution in [0, 0.1) is 0 Å². The number of nitrogens with zero attached hydrogens (tertiary/aromatic N) is 2. The number of hydrogen-bond donors (Lipinski definition) is 1. The normalized spacial score (nSPS) is 18.7. The quantitative estimate of drug-likeness (QED) is 0.345. The average Bonchev–Trinajstić information content (AvgIpc) is 3.28. The van der Waals surface area contributed by atoms with Crippen molar-refractivity contribution in [3.05, 3.63) is 75.5 Å². The number of thiocarbonyl (C=S) groups is 1. The van der Waals surface area contributed by atoms with Crippen LogP contribution in [0.4, 0.5) is 0 Å². The van der Waals surface area contributed by atoms with Crippen molar-refractivity contribution in [2.45, 2.75) is 44.7 Å². The molecule has 5 rings (SSSR count). The van der Waals surface area contributed by atoms with Crippen molar-refractivity contribution >= 4 is 63.4 Å². The van der Waals surface area contributed by atoms with Crippen molar-refractivity contribution in [3.63, 3.8) is 0 Å². The van der Waals surface area contributed by atoms with Crippen LogP contribution in [0.25, 0.3) is 17.0 Å². The van der Waals surface area contributed by atoms with Crippen molar-refractivity contribution in [1.82, 2.24) is 14.8 Å². The number of rotatable bonds is 4. The number of hydrogen-bond acceptors (Lipinski definition) is 2. The second-order valence-electron chi connectivity index (χ2n) is 8.43. The minimum absolute atomic E-state index is 0.0248. The molecule has 1 aliphatic heterocycles. The lowest BCUT2D eigenvalue weighted by atomic mass is 9.94. The molecule has 1 saturated carbocycles. The molecule has 0 bridgehead atoms. The molecule has 1 N–H and O–H groups in total. The van der Waals surface area contributed by atoms with Gasteiger partial charge >= 0.3 is 0 Å². The van der Waals surface area contributed by atoms with Crippen LogP contribution < -0.4 is 5.32 Å². The molecule has 0 radical (unpaired) electrons. The summed E-state index contributed by atoms with van der Waals surface area (Å²) in [5, 5.41) is 5.85. The monoisotopic (exact) mass is 483 g/mol. The molecular formula is C25H23Cl2N3OS. The summed E-state index contributed by atoms with van der Waals surface area (Å²) >= 11 is 17.8. The zero-order valence-corrected chi connectivity index (χ0v) is 19.8. The Kier molecular flexibility index (Phi) is 5.97. The molecule has 3 aromatic rings. The van der Waals surface area contributed by atoms with Crippen molar-refractivity contribution in [2.24, 2.45) is 0 Å². The number of benzene rings is 2. The zero-order valence-electron chi connectivity index (χ0n) is 17.5. The van der Waals surface area contributed by atoms with E-state index in [1.165, 1.54) is 6.42 Å². The summed E-state index contributed by atoms with van der Waals surface area (Å²) in [5.74, 6) is -0.0248. The summed E-state index contributed by atoms with van der Waals surface area (Å²) in [4.78, 5) is 15.0. The van der Waals surface area contributed by atoms with E-state index in [-0.39, 0.29) is 11.9 Å². The van der Waals surface area contributed by atoms with Gasteiger partial charge in [-0.25, -0.2) is 0 Å². The first kappa shape index (κ1) is 21.5. The van der Waals surface area contributed by atoms with Gasteiger partial charge in [-0.3, -0.25) is 9.69 Å². The zero-order chi connectivity index (χ0) is 22.2. The van der Waals surface area contributed by atoms with E-state index in [0.29, 0.717) is 27.4 Å². The maximum absolute atomic E-state index is 13.2. The first-order valence-corrected chi connectivity index (χ1v) is 12.1. The summed E-state index contributed by atoms with van der Waals surface area (Å²) in [7, 11) is 0. The van der Waals surface area contributed by atoms with E-state index >= 15 is 0 Å². The highest BCUT2D eigenvalue weighted by atomic mass is 35.5. The predicted molar refractivity (Wildman–Crippen MR) is 135 cm³/mol. The number of carbonyl (C=O) groups excluding carboxylic acids is 1. The number of nitrogens with one attached hydrogen (secondary N) is 1. The fraction of sp³-hybridized carbons (Fsp3) is 0.280. The van der Waals surface area contributed by atoms with E-state index in [4.69, 9.17) is 35.4 Å². The molecule has 0 unspecified atom stereocenters. The number of fused-ring (bicyclic) bond motifs is 1. The lowest BCUT2D eigenvalue weighted by Crippen LogP contribution is -2.41. The molecule has 32 heavy (non-hydrogen) atoms. The van der Waals surface area contributed by atoms with Crippen molar-refractivity contribution < 1.29 is 4.79 Å². The summed E-state index contributed by atoms with van der Waals surface area (Å²) in [6.07, 6.45) is 9.57. The smallest absolute Gasteiger partial charge is 0.276 e. The van der Waals surface area contributed by atoms with E-state index in [9.17, 15) is 4.79 Å². The molecule has 1 amide bonds. The van der Waals surface area contributed by atoms with Gasteiger partial charge in [0.25, 0.3) is 5.91 Å². The van der Waals surface area contributed by atoms with Gasteiger partial charge in [0, 0.05) is 35.2 Å². The van der Waals surface area contributed by atoms with E-state index < -0.39 is 0 Å². The molecule has 164 valence electrons. The van der Waals surface area contributed by atoms with Crippen LogP contribution in [0.3, 0.4) is 0 Å². The summed E-state index contributed by atoms with van der Waals surface area (Å²) in [6.45, 7) is 0.647. The molecule has 1 aromatic heterocycles. The SMILES string of the molecule is O=C1/C(=C/c2cn(Cc3ccc(Cl)c(Cl)c3)c3ccccc23)NC(=S)N1C1CCCCC1. The molecule has 4 nitrogen and oxygen atoms in total. The maximum atomic E-state index is 13.2. The molecule has 0 atom stereocenters. The average molecular weight is 484 g/mol. The minimum Gasteiger partial charge on any atom is -0.342 e. The molecule has 2 heterocycles. The van der Waals surface area contributed by atoms with E-state index in [1.54, 1.807) is 4.90 Å². The van der Waals surface area contributed by atoms with Gasteiger partial charge in [0.05, 0.1) is 10.0 Å². The Morgan fingerprint density at radius 2 is 1.84 bits per heavy atom. The van der Waals surface area contributed by atoms with Crippen LogP contribution in [-0.2, 0) is 11.3 Å². The van der Waals surface area contributed by atoms with Gasteiger partial charge < -0.3 is 9.88 Å². The van der Waals surface area contributed by atoms with Gasteiger partial charge in [0.2, 0.25) is 0 Å². The Labute approximate surface area is 202 Å². The van der Waals surface area contributed by atoms with E-state index in [2.05, 4.69) is 28.2 Å². The molecule has 1 saturated heterocycles. The molecular weight excluding hydrogens is 461 g/mol. The predicted octanol–water partition coefficient (Wildman–Crippen LogP) is 6.39. The topological polar surface area (TPSA) is 37.3 Å². The fourth-order valence-corrected chi connectivity index (χ4v) is 5.39. The lowest BCUT2D eigenvalue weighted by Gasteiger charge is -2.29. The van der Waals surface area contributed by atoms with Crippen LogP contribution in [0.2, 0.25) is 10.0 Å². The number of para-hydroxylation sites is 1. The highest BCUT2D eigenvalue weighted by Crippen LogP contribution is 2.30. The van der Waals surface area contributed by atoms with Gasteiger partial charge in [-0.05, 0) is 54.9 Å². The van der Waals surface area contributed by atoms with Gasteiger partial charge in [0.15, 0.2) is 5.11 Å². The first-order valence-electron chi connectivity index (χ1n) is 10.9. The second kappa shape index (κ2) is 8.89. The molecule has 2 aliphatic rings. The molecule has 7 heteroatoms. The highest BCUT2D eigenvalue weighted by Gasteiger charge is 2.36.